The Kier molecular flexibility index (Phi) is 12.8. The Morgan fingerprint density at radius 2 is 1.71 bits per heavy atom. The van der Waals surface area contributed by atoms with Crippen LogP contribution in [0, 0.1) is 0 Å². The number of ether oxygens (including phenoxy) is 2. The predicted octanol–water partition coefficient (Wildman–Crippen LogP) is 5.86. The van der Waals surface area contributed by atoms with Gasteiger partial charge in [-0.25, -0.2) is 14.6 Å². The van der Waals surface area contributed by atoms with Gasteiger partial charge in [0.2, 0.25) is 5.91 Å². The summed E-state index contributed by atoms with van der Waals surface area (Å²) < 4.78 is 43.5. The van der Waals surface area contributed by atoms with Crippen molar-refractivity contribution < 1.29 is 42.1 Å². The highest BCUT2D eigenvalue weighted by Gasteiger charge is 2.38. The molecule has 7 N–H and O–H groups in total. The van der Waals surface area contributed by atoms with Crippen molar-refractivity contribution in [3.8, 4) is 11.5 Å². The first-order valence-corrected chi connectivity index (χ1v) is 14.7. The van der Waals surface area contributed by atoms with E-state index in [2.05, 4.69) is 26.3 Å². The lowest BCUT2D eigenvalue weighted by atomic mass is 10.0. The quantitative estimate of drug-likeness (QED) is 0.114. The molecule has 0 bridgehead atoms. The summed E-state index contributed by atoms with van der Waals surface area (Å²) in [6, 6.07) is 19.3. The smallest absolute Gasteiger partial charge is 0.490 e. The lowest BCUT2D eigenvalue weighted by Gasteiger charge is -2.22. The molecule has 0 spiro atoms. The number of nitrogens with one attached hydrogen (secondary N) is 4. The molecule has 1 atom stereocenters. The van der Waals surface area contributed by atoms with Gasteiger partial charge in [-0.05, 0) is 85.8 Å². The van der Waals surface area contributed by atoms with Crippen LogP contribution in [0.25, 0.3) is 10.8 Å². The Bertz CT molecular complexity index is 1730. The zero-order valence-electron chi connectivity index (χ0n) is 26.6. The average molecular weight is 671 g/mol. The number of hydrogen-bond donors (Lipinski definition) is 6. The molecule has 0 aliphatic rings. The third-order valence-corrected chi connectivity index (χ3v) is 6.45. The van der Waals surface area contributed by atoms with Crippen molar-refractivity contribution in [1.82, 2.24) is 15.6 Å². The first kappa shape index (κ1) is 36.7. The van der Waals surface area contributed by atoms with Gasteiger partial charge in [0.25, 0.3) is 0 Å². The van der Waals surface area contributed by atoms with Crippen molar-refractivity contribution in [1.29, 1.82) is 0 Å². The van der Waals surface area contributed by atoms with Crippen molar-refractivity contribution in [2.75, 3.05) is 30.0 Å². The molecule has 0 fully saturated rings. The number of rotatable bonds is 11. The third kappa shape index (κ3) is 10.7. The van der Waals surface area contributed by atoms with Crippen molar-refractivity contribution >= 4 is 45.9 Å². The molecular formula is C33H37F3N6O6. The number of aromatic nitrogens is 1. The number of nitrogen functional groups attached to an aromatic ring is 1. The number of carboxylic acid groups (broad SMARTS) is 1. The number of carbonyl (C=O) groups is 3. The van der Waals surface area contributed by atoms with Crippen LogP contribution in [-0.4, -0.2) is 53.9 Å². The second-order valence-corrected chi connectivity index (χ2v) is 10.4. The first-order chi connectivity index (χ1) is 22.7. The molecule has 0 saturated carbocycles. The van der Waals surface area contributed by atoms with Crippen LogP contribution in [0.15, 0.2) is 72.9 Å². The molecule has 0 saturated heterocycles. The summed E-state index contributed by atoms with van der Waals surface area (Å²) in [6.45, 7) is 6.50. The number of alkyl halides is 3. The minimum Gasteiger partial charge on any atom is -0.490 e. The van der Waals surface area contributed by atoms with Crippen LogP contribution in [0.1, 0.15) is 37.9 Å². The summed E-state index contributed by atoms with van der Waals surface area (Å²) in [5.74, 6) is -1.39. The van der Waals surface area contributed by atoms with Crippen molar-refractivity contribution in [3.63, 3.8) is 0 Å². The van der Waals surface area contributed by atoms with E-state index in [4.69, 9.17) is 25.1 Å². The lowest BCUT2D eigenvalue weighted by Crippen LogP contribution is -2.33. The molecule has 256 valence electrons. The van der Waals surface area contributed by atoms with Crippen molar-refractivity contribution in [3.05, 3.63) is 84.1 Å². The minimum atomic E-state index is -5.08. The van der Waals surface area contributed by atoms with Gasteiger partial charge in [-0.15, -0.1) is 0 Å². The van der Waals surface area contributed by atoms with Crippen LogP contribution in [0.3, 0.4) is 0 Å². The number of nitrogens with zero attached hydrogens (tertiary/aromatic N) is 1. The number of nitrogens with two attached hydrogens (primary N) is 1. The summed E-state index contributed by atoms with van der Waals surface area (Å²) in [5.41, 5.74) is 8.92. The molecule has 1 aromatic heterocycles. The van der Waals surface area contributed by atoms with Crippen LogP contribution >= 0.6 is 0 Å². The minimum absolute atomic E-state index is 0.0366. The summed E-state index contributed by atoms with van der Waals surface area (Å²) in [7, 11) is 1.55. The highest BCUT2D eigenvalue weighted by Crippen LogP contribution is 2.33. The van der Waals surface area contributed by atoms with Gasteiger partial charge in [0.15, 0.2) is 11.5 Å². The number of benzene rings is 3. The largest absolute Gasteiger partial charge is 0.490 e. The van der Waals surface area contributed by atoms with Crippen LogP contribution < -0.4 is 36.5 Å². The number of anilines is 3. The zero-order chi connectivity index (χ0) is 35.4. The standard InChI is InChI=1S/C31H36N6O4.C2HF3O2/c1-5-40-27-17-22(9-12-26(27)41-19(2)3)28(36-24-10-11-25-21(16-24)13-14-34-29(25)32)30(38)35-18-20-7-6-8-23(15-20)37-31(39)33-4;3-2(4,5)1(6)7/h6-17,19,28,36H,5,18H2,1-4H3,(H2,32,34)(H,35,38)(H2,33,37,39);(H,6,7). The number of carboxylic acids is 1. The first-order valence-electron chi connectivity index (χ1n) is 14.7. The molecule has 0 aliphatic heterocycles. The number of halogens is 3. The maximum atomic E-state index is 13.7. The monoisotopic (exact) mass is 670 g/mol. The fraction of sp³-hybridized carbons (Fsp3) is 0.273. The van der Waals surface area contributed by atoms with Crippen LogP contribution in [0.2, 0.25) is 0 Å². The topological polar surface area (TPSA) is 177 Å². The van der Waals surface area contributed by atoms with Gasteiger partial charge >= 0.3 is 18.2 Å². The van der Waals surface area contributed by atoms with Crippen molar-refractivity contribution in [2.24, 2.45) is 0 Å². The number of carbonyl (C=O) groups excluding carboxylic acids is 2. The number of urea groups is 1. The van der Waals surface area contributed by atoms with E-state index in [9.17, 15) is 22.8 Å². The number of hydrogen-bond acceptors (Lipinski definition) is 8. The van der Waals surface area contributed by atoms with E-state index in [0.717, 1.165) is 22.0 Å². The van der Waals surface area contributed by atoms with Gasteiger partial charge in [0, 0.05) is 36.6 Å². The lowest BCUT2D eigenvalue weighted by molar-refractivity contribution is -0.192. The summed E-state index contributed by atoms with van der Waals surface area (Å²) in [4.78, 5) is 38.5. The van der Waals surface area contributed by atoms with E-state index in [-0.39, 0.29) is 24.6 Å². The highest BCUT2D eigenvalue weighted by atomic mass is 19.4. The Morgan fingerprint density at radius 3 is 2.35 bits per heavy atom. The van der Waals surface area contributed by atoms with Gasteiger partial charge in [-0.1, -0.05) is 18.2 Å². The normalized spacial score (nSPS) is 11.5. The van der Waals surface area contributed by atoms with E-state index in [1.54, 1.807) is 19.3 Å². The summed E-state index contributed by atoms with van der Waals surface area (Å²) >= 11 is 0. The number of fused-ring (bicyclic) bond motifs is 1. The van der Waals surface area contributed by atoms with Gasteiger partial charge in [-0.3, -0.25) is 4.79 Å². The molecule has 1 unspecified atom stereocenters. The molecular weight excluding hydrogens is 633 g/mol. The second kappa shape index (κ2) is 16.7. The van der Waals surface area contributed by atoms with Crippen LogP contribution in [0.5, 0.6) is 11.5 Å². The Labute approximate surface area is 274 Å². The van der Waals surface area contributed by atoms with Crippen molar-refractivity contribution in [2.45, 2.75) is 45.6 Å². The van der Waals surface area contributed by atoms with E-state index in [1.165, 1.54) is 0 Å². The third-order valence-electron chi connectivity index (χ3n) is 6.45. The van der Waals surface area contributed by atoms with Gasteiger partial charge < -0.3 is 41.6 Å². The van der Waals surface area contributed by atoms with E-state index < -0.39 is 18.2 Å². The second-order valence-electron chi connectivity index (χ2n) is 10.4. The Balaban J connectivity index is 0.000000804. The van der Waals surface area contributed by atoms with E-state index in [1.807, 2.05) is 81.4 Å². The van der Waals surface area contributed by atoms with Gasteiger partial charge in [-0.2, -0.15) is 13.2 Å². The van der Waals surface area contributed by atoms with E-state index >= 15 is 0 Å². The van der Waals surface area contributed by atoms with Crippen LogP contribution in [0.4, 0.5) is 35.2 Å². The highest BCUT2D eigenvalue weighted by molar-refractivity contribution is 5.94. The molecule has 4 aromatic rings. The van der Waals surface area contributed by atoms with Crippen LogP contribution in [-0.2, 0) is 16.1 Å². The molecule has 3 aromatic carbocycles. The fourth-order valence-corrected chi connectivity index (χ4v) is 4.33. The van der Waals surface area contributed by atoms with Gasteiger partial charge in [0.1, 0.15) is 11.9 Å². The number of aliphatic carboxylic acids is 1. The van der Waals surface area contributed by atoms with Gasteiger partial charge in [0.05, 0.1) is 12.7 Å². The molecule has 12 nitrogen and oxygen atoms in total. The predicted molar refractivity (Wildman–Crippen MR) is 176 cm³/mol. The molecule has 0 aliphatic carbocycles. The Hall–Kier alpha value is -5.73. The SMILES string of the molecule is CCOc1cc(C(Nc2ccc3c(N)nccc3c2)C(=O)NCc2cccc(NC(=O)NC)c2)ccc1OC(C)C.O=C(O)C(F)(F)F. The molecule has 0 radical (unpaired) electrons. The zero-order valence-corrected chi connectivity index (χ0v) is 26.6. The maximum Gasteiger partial charge on any atom is 0.490 e. The maximum absolute atomic E-state index is 13.7. The number of amides is 3. The number of pyridine rings is 1. The molecule has 4 rings (SSSR count). The van der Waals surface area contributed by atoms with E-state index in [0.29, 0.717) is 35.2 Å². The average Bonchev–Trinajstić information content (AvgIpc) is 3.03. The fourth-order valence-electron chi connectivity index (χ4n) is 4.33. The summed E-state index contributed by atoms with van der Waals surface area (Å²) in [6.07, 6.45) is -3.47. The summed E-state index contributed by atoms with van der Waals surface area (Å²) in [5, 5.41) is 20.5. The molecule has 3 amide bonds. The molecule has 48 heavy (non-hydrogen) atoms. The molecule has 15 heteroatoms. The Morgan fingerprint density at radius 1 is 0.979 bits per heavy atom. The molecule has 1 heterocycles.